The molecule has 0 saturated heterocycles. The quantitative estimate of drug-likeness (QED) is 0.624. The molecule has 0 spiro atoms. The fourth-order valence-electron chi connectivity index (χ4n) is 1.92. The number of ether oxygens (including phenoxy) is 1. The molecular formula is C14H28N2O3. The van der Waals surface area contributed by atoms with E-state index in [2.05, 4.69) is 17.6 Å². The molecule has 5 heteroatoms. The van der Waals surface area contributed by atoms with Gasteiger partial charge in [0, 0.05) is 6.04 Å². The fourth-order valence-corrected chi connectivity index (χ4v) is 1.92. The molecule has 19 heavy (non-hydrogen) atoms. The number of nitrogens with one attached hydrogen (secondary N) is 2. The third-order valence-corrected chi connectivity index (χ3v) is 2.83. The van der Waals surface area contributed by atoms with E-state index in [-0.39, 0.29) is 24.5 Å². The molecule has 0 aliphatic carbocycles. The van der Waals surface area contributed by atoms with Gasteiger partial charge in [0.05, 0.1) is 13.7 Å². The summed E-state index contributed by atoms with van der Waals surface area (Å²) >= 11 is 0. The average molecular weight is 272 g/mol. The SMILES string of the molecule is CCCC(C)NC(=O)CNC(CC(C)C)C(=O)OC. The van der Waals surface area contributed by atoms with E-state index in [0.717, 1.165) is 12.8 Å². The Bertz CT molecular complexity index is 280. The van der Waals surface area contributed by atoms with Crippen molar-refractivity contribution < 1.29 is 14.3 Å². The maximum Gasteiger partial charge on any atom is 0.322 e. The third-order valence-electron chi connectivity index (χ3n) is 2.83. The first kappa shape index (κ1) is 17.9. The van der Waals surface area contributed by atoms with Gasteiger partial charge in [-0.25, -0.2) is 0 Å². The van der Waals surface area contributed by atoms with Gasteiger partial charge in [0.2, 0.25) is 5.91 Å². The molecule has 0 heterocycles. The standard InChI is InChI=1S/C14H28N2O3/c1-6-7-11(4)16-13(17)9-15-12(8-10(2)3)14(18)19-5/h10-12,15H,6-9H2,1-5H3,(H,16,17). The highest BCUT2D eigenvalue weighted by atomic mass is 16.5. The van der Waals surface area contributed by atoms with Gasteiger partial charge in [-0.1, -0.05) is 27.2 Å². The van der Waals surface area contributed by atoms with Gasteiger partial charge in [0.1, 0.15) is 6.04 Å². The number of amides is 1. The number of methoxy groups -OCH3 is 1. The van der Waals surface area contributed by atoms with Crippen molar-refractivity contribution in [3.8, 4) is 0 Å². The third kappa shape index (κ3) is 8.59. The zero-order valence-corrected chi connectivity index (χ0v) is 12.8. The van der Waals surface area contributed by atoms with E-state index in [4.69, 9.17) is 4.74 Å². The van der Waals surface area contributed by atoms with Crippen LogP contribution in [0.3, 0.4) is 0 Å². The Morgan fingerprint density at radius 2 is 1.84 bits per heavy atom. The van der Waals surface area contributed by atoms with Crippen LogP contribution in [0, 0.1) is 5.92 Å². The Hall–Kier alpha value is -1.10. The second-order valence-electron chi connectivity index (χ2n) is 5.34. The van der Waals surface area contributed by atoms with Gasteiger partial charge in [0.25, 0.3) is 0 Å². The number of carbonyl (C=O) groups excluding carboxylic acids is 2. The zero-order valence-electron chi connectivity index (χ0n) is 12.8. The zero-order chi connectivity index (χ0) is 14.8. The monoisotopic (exact) mass is 272 g/mol. The molecule has 0 fully saturated rings. The predicted octanol–water partition coefficient (Wildman–Crippen LogP) is 1.47. The van der Waals surface area contributed by atoms with Gasteiger partial charge in [-0.05, 0) is 25.7 Å². The first-order valence-electron chi connectivity index (χ1n) is 7.01. The molecule has 2 N–H and O–H groups in total. The van der Waals surface area contributed by atoms with Crippen molar-refractivity contribution in [2.75, 3.05) is 13.7 Å². The molecule has 0 bridgehead atoms. The van der Waals surface area contributed by atoms with Gasteiger partial charge in [-0.3, -0.25) is 14.9 Å². The maximum absolute atomic E-state index is 11.7. The topological polar surface area (TPSA) is 67.4 Å². The van der Waals surface area contributed by atoms with E-state index in [9.17, 15) is 9.59 Å². The van der Waals surface area contributed by atoms with Gasteiger partial charge in [0.15, 0.2) is 0 Å². The molecule has 5 nitrogen and oxygen atoms in total. The van der Waals surface area contributed by atoms with Crippen LogP contribution in [0.5, 0.6) is 0 Å². The molecular weight excluding hydrogens is 244 g/mol. The Morgan fingerprint density at radius 1 is 1.21 bits per heavy atom. The molecule has 0 aromatic rings. The second-order valence-corrected chi connectivity index (χ2v) is 5.34. The first-order chi connectivity index (χ1) is 8.90. The highest BCUT2D eigenvalue weighted by Crippen LogP contribution is 2.05. The molecule has 0 aromatic carbocycles. The van der Waals surface area contributed by atoms with Crippen LogP contribution < -0.4 is 10.6 Å². The molecule has 0 aliphatic rings. The van der Waals surface area contributed by atoms with E-state index < -0.39 is 6.04 Å². The van der Waals surface area contributed by atoms with Crippen molar-refractivity contribution in [1.29, 1.82) is 0 Å². The summed E-state index contributed by atoms with van der Waals surface area (Å²) in [4.78, 5) is 23.3. The minimum absolute atomic E-state index is 0.0846. The molecule has 0 radical (unpaired) electrons. The lowest BCUT2D eigenvalue weighted by Crippen LogP contribution is -2.45. The maximum atomic E-state index is 11.7. The molecule has 0 aromatic heterocycles. The Labute approximate surface area is 116 Å². The van der Waals surface area contributed by atoms with Crippen molar-refractivity contribution in [3.05, 3.63) is 0 Å². The highest BCUT2D eigenvalue weighted by molar-refractivity contribution is 5.80. The van der Waals surface area contributed by atoms with Crippen LogP contribution in [-0.2, 0) is 14.3 Å². The van der Waals surface area contributed by atoms with Crippen molar-refractivity contribution in [2.45, 2.75) is 59.0 Å². The second kappa shape index (κ2) is 9.78. The van der Waals surface area contributed by atoms with E-state index in [1.165, 1.54) is 7.11 Å². The smallest absolute Gasteiger partial charge is 0.322 e. The summed E-state index contributed by atoms with van der Waals surface area (Å²) < 4.78 is 4.73. The highest BCUT2D eigenvalue weighted by Gasteiger charge is 2.20. The minimum Gasteiger partial charge on any atom is -0.468 e. The lowest BCUT2D eigenvalue weighted by atomic mass is 10.0. The normalized spacial score (nSPS) is 14.0. The van der Waals surface area contributed by atoms with Gasteiger partial charge < -0.3 is 10.1 Å². The van der Waals surface area contributed by atoms with Gasteiger partial charge >= 0.3 is 5.97 Å². The molecule has 2 atom stereocenters. The van der Waals surface area contributed by atoms with Crippen LogP contribution in [0.2, 0.25) is 0 Å². The fraction of sp³-hybridized carbons (Fsp3) is 0.857. The number of hydrogen-bond donors (Lipinski definition) is 2. The first-order valence-corrected chi connectivity index (χ1v) is 7.01. The molecule has 2 unspecified atom stereocenters. The van der Waals surface area contributed by atoms with Crippen molar-refractivity contribution in [2.24, 2.45) is 5.92 Å². The van der Waals surface area contributed by atoms with Gasteiger partial charge in [-0.2, -0.15) is 0 Å². The largest absolute Gasteiger partial charge is 0.468 e. The average Bonchev–Trinajstić information content (AvgIpc) is 2.33. The molecule has 112 valence electrons. The van der Waals surface area contributed by atoms with Crippen LogP contribution in [0.15, 0.2) is 0 Å². The Balaban J connectivity index is 4.16. The molecule has 0 saturated carbocycles. The van der Waals surface area contributed by atoms with Crippen LogP contribution in [-0.4, -0.2) is 37.6 Å². The van der Waals surface area contributed by atoms with E-state index in [0.29, 0.717) is 12.3 Å². The Morgan fingerprint density at radius 3 is 2.32 bits per heavy atom. The van der Waals surface area contributed by atoms with E-state index >= 15 is 0 Å². The lowest BCUT2D eigenvalue weighted by Gasteiger charge is -2.19. The summed E-state index contributed by atoms with van der Waals surface area (Å²) in [5, 5.41) is 5.86. The van der Waals surface area contributed by atoms with Crippen LogP contribution >= 0.6 is 0 Å². The molecule has 0 aliphatic heterocycles. The summed E-state index contributed by atoms with van der Waals surface area (Å²) in [6, 6.07) is -0.252. The summed E-state index contributed by atoms with van der Waals surface area (Å²) in [6.45, 7) is 8.26. The summed E-state index contributed by atoms with van der Waals surface area (Å²) in [7, 11) is 1.36. The summed E-state index contributed by atoms with van der Waals surface area (Å²) in [5.74, 6) is -0.0413. The summed E-state index contributed by atoms with van der Waals surface area (Å²) in [6.07, 6.45) is 2.65. The van der Waals surface area contributed by atoms with E-state index in [1.54, 1.807) is 0 Å². The lowest BCUT2D eigenvalue weighted by molar-refractivity contribution is -0.143. The van der Waals surface area contributed by atoms with Crippen molar-refractivity contribution >= 4 is 11.9 Å². The summed E-state index contributed by atoms with van der Waals surface area (Å²) in [5.41, 5.74) is 0. The predicted molar refractivity (Wildman–Crippen MR) is 75.8 cm³/mol. The number of rotatable bonds is 9. The van der Waals surface area contributed by atoms with Gasteiger partial charge in [-0.15, -0.1) is 0 Å². The van der Waals surface area contributed by atoms with Crippen molar-refractivity contribution in [3.63, 3.8) is 0 Å². The number of carbonyl (C=O) groups is 2. The van der Waals surface area contributed by atoms with Crippen LogP contribution in [0.25, 0.3) is 0 Å². The van der Waals surface area contributed by atoms with Crippen molar-refractivity contribution in [1.82, 2.24) is 10.6 Å². The number of esters is 1. The van der Waals surface area contributed by atoms with E-state index in [1.807, 2.05) is 20.8 Å². The number of hydrogen-bond acceptors (Lipinski definition) is 4. The van der Waals surface area contributed by atoms with Crippen LogP contribution in [0.4, 0.5) is 0 Å². The Kier molecular flexibility index (Phi) is 9.21. The molecule has 1 amide bonds. The van der Waals surface area contributed by atoms with Crippen LogP contribution in [0.1, 0.15) is 47.0 Å². The molecule has 0 rings (SSSR count). The minimum atomic E-state index is -0.419.